The first-order valence-corrected chi connectivity index (χ1v) is 8.32. The summed E-state index contributed by atoms with van der Waals surface area (Å²) >= 11 is 1.75. The van der Waals surface area contributed by atoms with Crippen LogP contribution in [0.2, 0.25) is 0 Å². The molecule has 0 radical (unpaired) electrons. The van der Waals surface area contributed by atoms with Gasteiger partial charge in [-0.25, -0.2) is 4.79 Å². The van der Waals surface area contributed by atoms with Gasteiger partial charge in [0.05, 0.1) is 0 Å². The number of amides is 2. The summed E-state index contributed by atoms with van der Waals surface area (Å²) in [6.07, 6.45) is 2.11. The average Bonchev–Trinajstić information content (AvgIpc) is 3.04. The van der Waals surface area contributed by atoms with Crippen LogP contribution < -0.4 is 5.32 Å². The maximum absolute atomic E-state index is 12.3. The molecule has 0 aliphatic carbocycles. The standard InChI is InChI=1S/C17H20N2OS/c1-13-4-2-3-5-16(13)18-17(20)19-9-6-14(7-10-19)15-8-11-21-12-15/h2-5,8,11-12,14H,6-7,9-10H2,1H3,(H,18,20). The molecule has 1 fully saturated rings. The number of carbonyl (C=O) groups excluding carboxylic acids is 1. The van der Waals surface area contributed by atoms with Crippen LogP contribution in [0, 0.1) is 6.92 Å². The van der Waals surface area contributed by atoms with E-state index in [1.807, 2.05) is 36.1 Å². The van der Waals surface area contributed by atoms with Crippen LogP contribution in [0.5, 0.6) is 0 Å². The predicted molar refractivity (Wildman–Crippen MR) is 88.1 cm³/mol. The number of anilines is 1. The Balaban J connectivity index is 1.57. The average molecular weight is 300 g/mol. The molecule has 1 saturated heterocycles. The first-order valence-electron chi connectivity index (χ1n) is 7.37. The lowest BCUT2D eigenvalue weighted by Gasteiger charge is -2.32. The van der Waals surface area contributed by atoms with Gasteiger partial charge in [-0.15, -0.1) is 0 Å². The lowest BCUT2D eigenvalue weighted by atomic mass is 9.91. The molecular formula is C17H20N2OS. The van der Waals surface area contributed by atoms with Gasteiger partial charge in [0.15, 0.2) is 0 Å². The van der Waals surface area contributed by atoms with E-state index in [1.165, 1.54) is 5.56 Å². The second-order valence-corrected chi connectivity index (χ2v) is 6.34. The monoisotopic (exact) mass is 300 g/mol. The van der Waals surface area contributed by atoms with Crippen LogP contribution in [0.3, 0.4) is 0 Å². The minimum absolute atomic E-state index is 0.0214. The number of thiophene rings is 1. The molecule has 2 amide bonds. The molecule has 110 valence electrons. The van der Waals surface area contributed by atoms with E-state index in [0.717, 1.165) is 37.2 Å². The molecule has 0 spiro atoms. The molecule has 1 aliphatic rings. The van der Waals surface area contributed by atoms with Crippen molar-refractivity contribution < 1.29 is 4.79 Å². The summed E-state index contributed by atoms with van der Waals surface area (Å²) in [6, 6.07) is 10.1. The molecule has 3 nitrogen and oxygen atoms in total. The van der Waals surface area contributed by atoms with Crippen molar-refractivity contribution in [1.82, 2.24) is 4.90 Å². The highest BCUT2D eigenvalue weighted by atomic mass is 32.1. The number of likely N-dealkylation sites (tertiary alicyclic amines) is 1. The molecule has 21 heavy (non-hydrogen) atoms. The van der Waals surface area contributed by atoms with Crippen LogP contribution in [0.25, 0.3) is 0 Å². The third-order valence-corrected chi connectivity index (χ3v) is 4.88. The number of urea groups is 1. The van der Waals surface area contributed by atoms with Gasteiger partial charge in [-0.2, -0.15) is 11.3 Å². The minimum atomic E-state index is 0.0214. The molecule has 2 heterocycles. The lowest BCUT2D eigenvalue weighted by Crippen LogP contribution is -2.40. The number of rotatable bonds is 2. The lowest BCUT2D eigenvalue weighted by molar-refractivity contribution is 0.194. The highest BCUT2D eigenvalue weighted by molar-refractivity contribution is 7.07. The molecular weight excluding hydrogens is 280 g/mol. The Morgan fingerprint density at radius 3 is 2.67 bits per heavy atom. The Labute approximate surface area is 129 Å². The van der Waals surface area contributed by atoms with E-state index in [0.29, 0.717) is 5.92 Å². The maximum Gasteiger partial charge on any atom is 0.321 e. The second-order valence-electron chi connectivity index (χ2n) is 5.56. The Hall–Kier alpha value is -1.81. The first kappa shape index (κ1) is 14.1. The number of para-hydroxylation sites is 1. The highest BCUT2D eigenvalue weighted by Gasteiger charge is 2.24. The molecule has 0 unspecified atom stereocenters. The van der Waals surface area contributed by atoms with E-state index in [9.17, 15) is 4.79 Å². The Morgan fingerprint density at radius 2 is 2.00 bits per heavy atom. The van der Waals surface area contributed by atoms with Crippen molar-refractivity contribution in [1.29, 1.82) is 0 Å². The zero-order valence-corrected chi connectivity index (χ0v) is 13.0. The number of piperidine rings is 1. The van der Waals surface area contributed by atoms with Gasteiger partial charge in [0, 0.05) is 18.8 Å². The predicted octanol–water partition coefficient (Wildman–Crippen LogP) is 4.47. The van der Waals surface area contributed by atoms with Gasteiger partial charge in [-0.1, -0.05) is 18.2 Å². The van der Waals surface area contributed by atoms with E-state index < -0.39 is 0 Å². The number of hydrogen-bond acceptors (Lipinski definition) is 2. The number of carbonyl (C=O) groups is 1. The van der Waals surface area contributed by atoms with Crippen molar-refractivity contribution in [3.05, 3.63) is 52.2 Å². The highest BCUT2D eigenvalue weighted by Crippen LogP contribution is 2.29. The van der Waals surface area contributed by atoms with Crippen LogP contribution in [0.15, 0.2) is 41.1 Å². The zero-order valence-electron chi connectivity index (χ0n) is 12.2. The Morgan fingerprint density at radius 1 is 1.24 bits per heavy atom. The van der Waals surface area contributed by atoms with Crippen molar-refractivity contribution in [2.75, 3.05) is 18.4 Å². The molecule has 0 saturated carbocycles. The topological polar surface area (TPSA) is 32.3 Å². The summed E-state index contributed by atoms with van der Waals surface area (Å²) in [5.41, 5.74) is 3.43. The SMILES string of the molecule is Cc1ccccc1NC(=O)N1CCC(c2ccsc2)CC1. The molecule has 0 atom stereocenters. The summed E-state index contributed by atoms with van der Waals surface area (Å²) in [5.74, 6) is 0.610. The van der Waals surface area contributed by atoms with Gasteiger partial charge in [-0.05, 0) is 59.7 Å². The largest absolute Gasteiger partial charge is 0.324 e. The number of aryl methyl sites for hydroxylation is 1. The Bertz CT molecular complexity index is 601. The maximum atomic E-state index is 12.3. The quantitative estimate of drug-likeness (QED) is 0.872. The van der Waals surface area contributed by atoms with Gasteiger partial charge < -0.3 is 10.2 Å². The molecule has 3 rings (SSSR count). The third-order valence-electron chi connectivity index (χ3n) is 4.18. The fourth-order valence-corrected chi connectivity index (χ4v) is 3.57. The molecule has 1 N–H and O–H groups in total. The molecule has 0 bridgehead atoms. The smallest absolute Gasteiger partial charge is 0.321 e. The molecule has 2 aromatic rings. The van der Waals surface area contributed by atoms with Gasteiger partial charge in [0.2, 0.25) is 0 Å². The number of nitrogens with zero attached hydrogens (tertiary/aromatic N) is 1. The molecule has 1 aliphatic heterocycles. The third kappa shape index (κ3) is 3.27. The van der Waals surface area contributed by atoms with Gasteiger partial charge in [0.25, 0.3) is 0 Å². The molecule has 1 aromatic heterocycles. The fourth-order valence-electron chi connectivity index (χ4n) is 2.83. The molecule has 1 aromatic carbocycles. The van der Waals surface area contributed by atoms with Crippen molar-refractivity contribution in [3.63, 3.8) is 0 Å². The second kappa shape index (κ2) is 6.31. The van der Waals surface area contributed by atoms with Crippen LogP contribution in [0.4, 0.5) is 10.5 Å². The fraction of sp³-hybridized carbons (Fsp3) is 0.353. The number of nitrogens with one attached hydrogen (secondary N) is 1. The molecule has 4 heteroatoms. The summed E-state index contributed by atoms with van der Waals surface area (Å²) in [4.78, 5) is 14.3. The summed E-state index contributed by atoms with van der Waals surface area (Å²) in [5, 5.41) is 7.38. The summed E-state index contributed by atoms with van der Waals surface area (Å²) in [7, 11) is 0. The summed E-state index contributed by atoms with van der Waals surface area (Å²) < 4.78 is 0. The van der Waals surface area contributed by atoms with Crippen LogP contribution in [0.1, 0.15) is 29.9 Å². The normalized spacial score (nSPS) is 16.0. The van der Waals surface area contributed by atoms with Crippen molar-refractivity contribution in [2.45, 2.75) is 25.7 Å². The van der Waals surface area contributed by atoms with Crippen LogP contribution >= 0.6 is 11.3 Å². The van der Waals surface area contributed by atoms with E-state index >= 15 is 0 Å². The van der Waals surface area contributed by atoms with Crippen molar-refractivity contribution in [2.24, 2.45) is 0 Å². The van der Waals surface area contributed by atoms with Crippen molar-refractivity contribution in [3.8, 4) is 0 Å². The minimum Gasteiger partial charge on any atom is -0.324 e. The Kier molecular flexibility index (Phi) is 4.25. The van der Waals surface area contributed by atoms with Gasteiger partial charge in [-0.3, -0.25) is 0 Å². The number of hydrogen-bond donors (Lipinski definition) is 1. The van der Waals surface area contributed by atoms with Crippen LogP contribution in [-0.2, 0) is 0 Å². The summed E-state index contributed by atoms with van der Waals surface area (Å²) in [6.45, 7) is 3.68. The zero-order chi connectivity index (χ0) is 14.7. The van der Waals surface area contributed by atoms with Crippen LogP contribution in [-0.4, -0.2) is 24.0 Å². The van der Waals surface area contributed by atoms with E-state index in [4.69, 9.17) is 0 Å². The van der Waals surface area contributed by atoms with Gasteiger partial charge >= 0.3 is 6.03 Å². The number of benzene rings is 1. The van der Waals surface area contributed by atoms with E-state index in [1.54, 1.807) is 11.3 Å². The van der Waals surface area contributed by atoms with Crippen molar-refractivity contribution >= 4 is 23.1 Å². The van der Waals surface area contributed by atoms with Gasteiger partial charge in [0.1, 0.15) is 0 Å². The van der Waals surface area contributed by atoms with E-state index in [2.05, 4.69) is 22.1 Å². The first-order chi connectivity index (χ1) is 10.2. The van der Waals surface area contributed by atoms with E-state index in [-0.39, 0.29) is 6.03 Å².